The summed E-state index contributed by atoms with van der Waals surface area (Å²) in [7, 11) is -2.50. The second-order valence-corrected chi connectivity index (χ2v) is 12.1. The Morgan fingerprint density at radius 2 is 0.844 bits per heavy atom. The Morgan fingerprint density at radius 3 is 1.22 bits per heavy atom. The van der Waals surface area contributed by atoms with Crippen molar-refractivity contribution in [2.75, 3.05) is 46.0 Å². The molecule has 0 aromatic carbocycles. The highest BCUT2D eigenvalue weighted by Gasteiger charge is 2.40. The first-order valence-electron chi connectivity index (χ1n) is 14.3. The van der Waals surface area contributed by atoms with Gasteiger partial charge in [-0.25, -0.2) is 0 Å². The smallest absolute Gasteiger partial charge is 0.374 e. The summed E-state index contributed by atoms with van der Waals surface area (Å²) >= 11 is 0. The van der Waals surface area contributed by atoms with E-state index in [2.05, 4.69) is 20.8 Å². The van der Waals surface area contributed by atoms with E-state index >= 15 is 0 Å². The quantitative estimate of drug-likeness (QED) is 0.0762. The first-order chi connectivity index (χ1) is 15.6. The van der Waals surface area contributed by atoms with E-state index in [1.165, 1.54) is 108 Å². The number of hydrogen-bond donors (Lipinski definition) is 0. The molecule has 0 aromatic rings. The third-order valence-corrected chi connectivity index (χ3v) is 10.2. The molecule has 0 amide bonds. The summed E-state index contributed by atoms with van der Waals surface area (Å²) in [6.07, 6.45) is 18.2. The van der Waals surface area contributed by atoms with E-state index in [1.807, 2.05) is 20.8 Å². The minimum Gasteiger partial charge on any atom is -0.374 e. The minimum absolute atomic E-state index is 0.673. The average Bonchev–Trinajstić information content (AvgIpc) is 2.79. The molecule has 0 rings (SSSR count). The van der Waals surface area contributed by atoms with Crippen LogP contribution in [0.25, 0.3) is 0 Å². The van der Waals surface area contributed by atoms with Crippen LogP contribution in [0, 0.1) is 0 Å². The molecule has 0 spiro atoms. The predicted octanol–water partition coefficient (Wildman–Crippen LogP) is 7.98. The highest BCUT2D eigenvalue weighted by Crippen LogP contribution is 2.21. The standard InChI is InChI=1S/C27H60NO3Si/c1-7-13-14-15-16-17-18-19-20-21-22-23-25-28(8-2,9-3)26-24-27-32(29-10-4,30-11-5)31-12-6/h7-27H2,1-6H3/q+1. The van der Waals surface area contributed by atoms with E-state index in [4.69, 9.17) is 13.3 Å². The highest BCUT2D eigenvalue weighted by molar-refractivity contribution is 6.60. The van der Waals surface area contributed by atoms with Crippen molar-refractivity contribution in [3.8, 4) is 0 Å². The molecule has 0 aliphatic rings. The lowest BCUT2D eigenvalue weighted by atomic mass is 10.0. The van der Waals surface area contributed by atoms with Crippen molar-refractivity contribution in [3.05, 3.63) is 0 Å². The van der Waals surface area contributed by atoms with E-state index in [-0.39, 0.29) is 0 Å². The van der Waals surface area contributed by atoms with Crippen molar-refractivity contribution >= 4 is 8.80 Å². The molecule has 0 bridgehead atoms. The molecule has 0 fully saturated rings. The highest BCUT2D eigenvalue weighted by atomic mass is 28.4. The lowest BCUT2D eigenvalue weighted by Gasteiger charge is -2.38. The molecule has 5 heteroatoms. The van der Waals surface area contributed by atoms with Crippen LogP contribution in [-0.4, -0.2) is 59.3 Å². The third kappa shape index (κ3) is 15.1. The van der Waals surface area contributed by atoms with Crippen molar-refractivity contribution in [1.29, 1.82) is 0 Å². The number of unbranched alkanes of at least 4 members (excludes halogenated alkanes) is 11. The third-order valence-electron chi connectivity index (χ3n) is 7.04. The van der Waals surface area contributed by atoms with Gasteiger partial charge < -0.3 is 17.8 Å². The fourth-order valence-electron chi connectivity index (χ4n) is 4.89. The lowest BCUT2D eigenvalue weighted by molar-refractivity contribution is -0.925. The Morgan fingerprint density at radius 1 is 0.469 bits per heavy atom. The second-order valence-electron chi connectivity index (χ2n) is 9.40. The molecule has 0 saturated heterocycles. The number of hydrogen-bond acceptors (Lipinski definition) is 3. The van der Waals surface area contributed by atoms with E-state index in [0.29, 0.717) is 19.8 Å². The van der Waals surface area contributed by atoms with Crippen molar-refractivity contribution < 1.29 is 17.8 Å². The molecule has 32 heavy (non-hydrogen) atoms. The van der Waals surface area contributed by atoms with Gasteiger partial charge in [0.2, 0.25) is 0 Å². The van der Waals surface area contributed by atoms with Gasteiger partial charge in [0.15, 0.2) is 0 Å². The molecule has 0 N–H and O–H groups in total. The van der Waals surface area contributed by atoms with Gasteiger partial charge in [0, 0.05) is 32.3 Å². The largest absolute Gasteiger partial charge is 0.501 e. The maximum atomic E-state index is 6.06. The molecular formula is C27H60NO3Si+. The number of quaternary nitrogens is 1. The molecule has 0 radical (unpaired) electrons. The van der Waals surface area contributed by atoms with Crippen LogP contribution in [0.1, 0.15) is 125 Å². The maximum Gasteiger partial charge on any atom is 0.501 e. The molecule has 4 nitrogen and oxygen atoms in total. The van der Waals surface area contributed by atoms with Crippen LogP contribution >= 0.6 is 0 Å². The van der Waals surface area contributed by atoms with Gasteiger partial charge in [-0.1, -0.05) is 71.1 Å². The zero-order valence-corrected chi connectivity index (χ0v) is 24.0. The van der Waals surface area contributed by atoms with Crippen LogP contribution in [0.5, 0.6) is 0 Å². The monoisotopic (exact) mass is 474 g/mol. The minimum atomic E-state index is -2.50. The van der Waals surface area contributed by atoms with Crippen LogP contribution < -0.4 is 0 Å². The zero-order chi connectivity index (χ0) is 24.0. The van der Waals surface area contributed by atoms with Gasteiger partial charge in [-0.3, -0.25) is 0 Å². The van der Waals surface area contributed by atoms with Gasteiger partial charge in [-0.2, -0.15) is 0 Å². The predicted molar refractivity (Wildman–Crippen MR) is 142 cm³/mol. The lowest BCUT2D eigenvalue weighted by Crippen LogP contribution is -2.51. The van der Waals surface area contributed by atoms with Gasteiger partial charge in [-0.15, -0.1) is 0 Å². The van der Waals surface area contributed by atoms with Gasteiger partial charge in [0.1, 0.15) is 0 Å². The topological polar surface area (TPSA) is 27.7 Å². The zero-order valence-electron chi connectivity index (χ0n) is 23.0. The summed E-state index contributed by atoms with van der Waals surface area (Å²) in [6, 6.07) is 0.945. The summed E-state index contributed by atoms with van der Waals surface area (Å²) in [4.78, 5) is 0. The van der Waals surface area contributed by atoms with E-state index in [0.717, 1.165) is 12.5 Å². The van der Waals surface area contributed by atoms with Crippen LogP contribution in [0.15, 0.2) is 0 Å². The molecule has 0 aliphatic carbocycles. The van der Waals surface area contributed by atoms with Crippen molar-refractivity contribution in [1.82, 2.24) is 0 Å². The molecule has 0 heterocycles. The van der Waals surface area contributed by atoms with Crippen LogP contribution in [0.2, 0.25) is 6.04 Å². The fourth-order valence-corrected chi connectivity index (χ4v) is 7.48. The Hall–Kier alpha value is 0.0569. The van der Waals surface area contributed by atoms with Crippen molar-refractivity contribution in [2.45, 2.75) is 131 Å². The molecule has 0 aliphatic heterocycles. The first-order valence-corrected chi connectivity index (χ1v) is 16.3. The Kier molecular flexibility index (Phi) is 21.6. The second kappa shape index (κ2) is 21.6. The summed E-state index contributed by atoms with van der Waals surface area (Å²) in [5.74, 6) is 0. The normalized spacial score (nSPS) is 12.6. The Balaban J connectivity index is 4.16. The first kappa shape index (κ1) is 32.1. The fraction of sp³-hybridized carbons (Fsp3) is 1.00. The molecular weight excluding hydrogens is 414 g/mol. The Bertz CT molecular complexity index is 374. The van der Waals surface area contributed by atoms with Crippen LogP contribution in [0.4, 0.5) is 0 Å². The van der Waals surface area contributed by atoms with Gasteiger partial charge in [-0.05, 0) is 47.5 Å². The van der Waals surface area contributed by atoms with Crippen molar-refractivity contribution in [2.24, 2.45) is 0 Å². The molecule has 0 unspecified atom stereocenters. The molecule has 0 atom stereocenters. The van der Waals surface area contributed by atoms with Gasteiger partial charge in [0.25, 0.3) is 0 Å². The van der Waals surface area contributed by atoms with E-state index in [1.54, 1.807) is 0 Å². The summed E-state index contributed by atoms with van der Waals surface area (Å²) in [6.45, 7) is 20.2. The number of rotatable bonds is 25. The van der Waals surface area contributed by atoms with E-state index < -0.39 is 8.80 Å². The van der Waals surface area contributed by atoms with Crippen LogP contribution in [0.3, 0.4) is 0 Å². The number of nitrogens with zero attached hydrogens (tertiary/aromatic N) is 1. The van der Waals surface area contributed by atoms with Crippen molar-refractivity contribution in [3.63, 3.8) is 0 Å². The van der Waals surface area contributed by atoms with E-state index in [9.17, 15) is 0 Å². The molecule has 0 saturated carbocycles. The summed E-state index contributed by atoms with van der Waals surface area (Å²) < 4.78 is 19.4. The maximum absolute atomic E-state index is 6.06. The summed E-state index contributed by atoms with van der Waals surface area (Å²) in [5.41, 5.74) is 0. The van der Waals surface area contributed by atoms with Crippen LogP contribution in [-0.2, 0) is 13.3 Å². The molecule has 194 valence electrons. The summed E-state index contributed by atoms with van der Waals surface area (Å²) in [5, 5.41) is 0. The molecule has 0 aromatic heterocycles. The van der Waals surface area contributed by atoms with Gasteiger partial charge >= 0.3 is 8.80 Å². The van der Waals surface area contributed by atoms with Gasteiger partial charge in [0.05, 0.1) is 26.2 Å². The SMILES string of the molecule is CCCCCCCCCCCCCC[N+](CC)(CC)CCC[Si](OCC)(OCC)OCC. The average molecular weight is 475 g/mol. The Labute approximate surface area is 203 Å².